The number of rotatable bonds is 5. The monoisotopic (exact) mass is 439 g/mol. The number of benzene rings is 3. The van der Waals surface area contributed by atoms with Crippen LogP contribution in [0.2, 0.25) is 0 Å². The standard InChI is InChI=1S/C28H25NO4/c1-18(2)29-25-27(26(29)32,24(31)20-12-6-4-7-13-20)22-16-10-11-17-23(22)28(25,33-19(3)30)21-14-8-5-9-15-21/h4-18,25H,1-3H3. The molecule has 5 nitrogen and oxygen atoms in total. The fourth-order valence-corrected chi connectivity index (χ4v) is 5.73. The third kappa shape index (κ3) is 2.62. The first-order valence-corrected chi connectivity index (χ1v) is 11.1. The van der Waals surface area contributed by atoms with E-state index in [4.69, 9.17) is 4.74 Å². The van der Waals surface area contributed by atoms with Crippen molar-refractivity contribution in [3.63, 3.8) is 0 Å². The first-order valence-electron chi connectivity index (χ1n) is 11.1. The molecule has 3 aromatic carbocycles. The number of ether oxygens (including phenoxy) is 1. The number of esters is 1. The van der Waals surface area contributed by atoms with Gasteiger partial charge in [0.15, 0.2) is 16.8 Å². The van der Waals surface area contributed by atoms with Crippen LogP contribution in [0.3, 0.4) is 0 Å². The van der Waals surface area contributed by atoms with Gasteiger partial charge in [-0.05, 0) is 19.4 Å². The first kappa shape index (κ1) is 21.1. The highest BCUT2D eigenvalue weighted by atomic mass is 16.6. The Kier molecular flexibility index (Phi) is 4.74. The Bertz CT molecular complexity index is 1250. The van der Waals surface area contributed by atoms with E-state index in [1.54, 1.807) is 29.2 Å². The minimum Gasteiger partial charge on any atom is -0.447 e. The van der Waals surface area contributed by atoms with Gasteiger partial charge in [-0.2, -0.15) is 0 Å². The summed E-state index contributed by atoms with van der Waals surface area (Å²) in [4.78, 5) is 42.4. The van der Waals surface area contributed by atoms with Crippen molar-refractivity contribution in [2.24, 2.45) is 0 Å². The van der Waals surface area contributed by atoms with Gasteiger partial charge in [0, 0.05) is 29.7 Å². The van der Waals surface area contributed by atoms with Gasteiger partial charge in [0.25, 0.3) is 0 Å². The lowest BCUT2D eigenvalue weighted by atomic mass is 9.61. The van der Waals surface area contributed by atoms with E-state index in [1.807, 2.05) is 74.5 Å². The number of fused-ring (bicyclic) bond motifs is 3. The van der Waals surface area contributed by atoms with E-state index in [1.165, 1.54) is 6.92 Å². The van der Waals surface area contributed by atoms with Gasteiger partial charge in [-0.15, -0.1) is 0 Å². The summed E-state index contributed by atoms with van der Waals surface area (Å²) in [5.74, 6) is -0.999. The second-order valence-electron chi connectivity index (χ2n) is 8.95. The maximum absolute atomic E-state index is 14.2. The molecule has 0 N–H and O–H groups in total. The van der Waals surface area contributed by atoms with Crippen molar-refractivity contribution in [1.29, 1.82) is 0 Å². The van der Waals surface area contributed by atoms with Crippen LogP contribution in [0.25, 0.3) is 0 Å². The SMILES string of the molecule is CC(=O)OC1(c2ccccc2)c2ccccc2C2(C(=O)c3ccccc3)C(=O)N(C(C)C)C21. The summed E-state index contributed by atoms with van der Waals surface area (Å²) in [5.41, 5.74) is -0.285. The van der Waals surface area contributed by atoms with Crippen molar-refractivity contribution in [3.05, 3.63) is 107 Å². The van der Waals surface area contributed by atoms with Crippen LogP contribution in [-0.2, 0) is 25.3 Å². The van der Waals surface area contributed by atoms with Gasteiger partial charge in [0.05, 0.1) is 0 Å². The molecule has 3 atom stereocenters. The van der Waals surface area contributed by atoms with Crippen LogP contribution in [0.15, 0.2) is 84.9 Å². The lowest BCUT2D eigenvalue weighted by Crippen LogP contribution is -2.78. The highest BCUT2D eigenvalue weighted by Crippen LogP contribution is 2.63. The van der Waals surface area contributed by atoms with Gasteiger partial charge < -0.3 is 9.64 Å². The molecule has 0 bridgehead atoms. The predicted octanol–water partition coefficient (Wildman–Crippen LogP) is 4.25. The normalized spacial score (nSPS) is 25.3. The van der Waals surface area contributed by atoms with E-state index in [-0.39, 0.29) is 17.7 Å². The number of carbonyl (C=O) groups excluding carboxylic acids is 3. The number of ketones is 1. The Morgan fingerprint density at radius 1 is 0.848 bits per heavy atom. The smallest absolute Gasteiger partial charge is 0.303 e. The van der Waals surface area contributed by atoms with E-state index in [0.717, 1.165) is 5.56 Å². The number of amides is 1. The molecular weight excluding hydrogens is 414 g/mol. The Hall–Kier alpha value is -3.73. The lowest BCUT2D eigenvalue weighted by Gasteiger charge is -2.58. The topological polar surface area (TPSA) is 63.7 Å². The molecule has 0 aromatic heterocycles. The molecule has 1 fully saturated rings. The van der Waals surface area contributed by atoms with Crippen molar-refractivity contribution < 1.29 is 19.1 Å². The zero-order chi connectivity index (χ0) is 23.4. The van der Waals surface area contributed by atoms with Crippen molar-refractivity contribution in [2.45, 2.75) is 43.9 Å². The molecule has 3 unspecified atom stereocenters. The summed E-state index contributed by atoms with van der Waals surface area (Å²) in [6.07, 6.45) is 0. The minimum absolute atomic E-state index is 0.188. The first-order chi connectivity index (χ1) is 15.9. The third-order valence-electron chi connectivity index (χ3n) is 6.86. The maximum Gasteiger partial charge on any atom is 0.303 e. The van der Waals surface area contributed by atoms with Crippen LogP contribution in [-0.4, -0.2) is 34.6 Å². The predicted molar refractivity (Wildman–Crippen MR) is 124 cm³/mol. The van der Waals surface area contributed by atoms with Gasteiger partial charge in [0.1, 0.15) is 6.04 Å². The van der Waals surface area contributed by atoms with Gasteiger partial charge in [0.2, 0.25) is 5.91 Å². The summed E-state index contributed by atoms with van der Waals surface area (Å²) in [6, 6.07) is 24.8. The molecule has 1 heterocycles. The molecule has 166 valence electrons. The van der Waals surface area contributed by atoms with Gasteiger partial charge >= 0.3 is 5.97 Å². The molecule has 0 radical (unpaired) electrons. The Morgan fingerprint density at radius 2 is 1.39 bits per heavy atom. The highest BCUT2D eigenvalue weighted by molar-refractivity contribution is 6.24. The molecule has 5 rings (SSSR count). The van der Waals surface area contributed by atoms with E-state index >= 15 is 0 Å². The van der Waals surface area contributed by atoms with Crippen LogP contribution in [0, 0.1) is 0 Å². The Morgan fingerprint density at radius 3 is 1.97 bits per heavy atom. The molecule has 5 heteroatoms. The van der Waals surface area contributed by atoms with E-state index in [2.05, 4.69) is 0 Å². The summed E-state index contributed by atoms with van der Waals surface area (Å²) < 4.78 is 6.20. The number of hydrogen-bond donors (Lipinski definition) is 0. The number of hydrogen-bond acceptors (Lipinski definition) is 4. The van der Waals surface area contributed by atoms with E-state index < -0.39 is 23.0 Å². The van der Waals surface area contributed by atoms with Gasteiger partial charge in [-0.25, -0.2) is 0 Å². The van der Waals surface area contributed by atoms with Crippen molar-refractivity contribution in [1.82, 2.24) is 4.90 Å². The van der Waals surface area contributed by atoms with Crippen molar-refractivity contribution >= 4 is 17.7 Å². The zero-order valence-corrected chi connectivity index (χ0v) is 18.8. The molecular formula is C28H25NO4. The number of carbonyl (C=O) groups is 3. The van der Waals surface area contributed by atoms with Crippen molar-refractivity contribution in [3.8, 4) is 0 Å². The Balaban J connectivity index is 1.87. The fraction of sp³-hybridized carbons (Fsp3) is 0.250. The van der Waals surface area contributed by atoms with Crippen LogP contribution in [0.4, 0.5) is 0 Å². The lowest BCUT2D eigenvalue weighted by molar-refractivity contribution is -0.186. The molecule has 0 spiro atoms. The number of Topliss-reactive ketones (excluding diaryl/α,β-unsaturated/α-hetero) is 1. The van der Waals surface area contributed by atoms with Crippen LogP contribution in [0.5, 0.6) is 0 Å². The quantitative estimate of drug-likeness (QED) is 0.258. The minimum atomic E-state index is -1.46. The summed E-state index contributed by atoms with van der Waals surface area (Å²) in [6.45, 7) is 5.20. The maximum atomic E-state index is 14.2. The fourth-order valence-electron chi connectivity index (χ4n) is 5.73. The largest absolute Gasteiger partial charge is 0.447 e. The average molecular weight is 440 g/mol. The molecule has 1 amide bonds. The second kappa shape index (κ2) is 7.41. The summed E-state index contributed by atoms with van der Waals surface area (Å²) >= 11 is 0. The Labute approximate surface area is 193 Å². The molecule has 33 heavy (non-hydrogen) atoms. The molecule has 1 aliphatic carbocycles. The summed E-state index contributed by atoms with van der Waals surface area (Å²) in [5, 5.41) is 0. The van der Waals surface area contributed by atoms with Crippen LogP contribution >= 0.6 is 0 Å². The van der Waals surface area contributed by atoms with Crippen LogP contribution < -0.4 is 0 Å². The zero-order valence-electron chi connectivity index (χ0n) is 18.8. The molecule has 3 aromatic rings. The number of likely N-dealkylation sites (tertiary alicyclic amines) is 1. The van der Waals surface area contributed by atoms with E-state index in [9.17, 15) is 14.4 Å². The van der Waals surface area contributed by atoms with Crippen molar-refractivity contribution in [2.75, 3.05) is 0 Å². The number of β-lactam (4-membered cyclic amide) rings is 1. The molecule has 2 aliphatic rings. The molecule has 1 saturated heterocycles. The third-order valence-corrected chi connectivity index (χ3v) is 6.86. The average Bonchev–Trinajstić information content (AvgIpc) is 3.03. The number of nitrogens with zero attached hydrogens (tertiary/aromatic N) is 1. The summed E-state index contributed by atoms with van der Waals surface area (Å²) in [7, 11) is 0. The molecule has 0 saturated carbocycles. The molecule has 1 aliphatic heterocycles. The second-order valence-corrected chi connectivity index (χ2v) is 8.95. The van der Waals surface area contributed by atoms with E-state index in [0.29, 0.717) is 16.7 Å². The highest BCUT2D eigenvalue weighted by Gasteiger charge is 2.79. The van der Waals surface area contributed by atoms with Gasteiger partial charge in [-0.1, -0.05) is 84.9 Å². The van der Waals surface area contributed by atoms with Crippen LogP contribution in [0.1, 0.15) is 47.8 Å². The van der Waals surface area contributed by atoms with Gasteiger partial charge in [-0.3, -0.25) is 14.4 Å².